The number of ether oxygens (including phenoxy) is 1. The third kappa shape index (κ3) is 4.18. The second-order valence-electron chi connectivity index (χ2n) is 7.15. The van der Waals surface area contributed by atoms with Crippen LogP contribution in [0.3, 0.4) is 0 Å². The van der Waals surface area contributed by atoms with E-state index < -0.39 is 36.1 Å². The molecule has 12 heteroatoms. The van der Waals surface area contributed by atoms with Crippen molar-refractivity contribution in [3.8, 4) is 17.1 Å². The molecule has 4 rings (SSSR count). The van der Waals surface area contributed by atoms with Crippen molar-refractivity contribution in [1.29, 1.82) is 0 Å². The molecule has 7 nitrogen and oxygen atoms in total. The van der Waals surface area contributed by atoms with Gasteiger partial charge in [0.05, 0.1) is 29.2 Å². The number of amidine groups is 1. The standard InChI is InChI=1S/C19H15ClF4N6O/c1-18(5-15(19(22,23)24)31-16(25)29-18)13-4-10(2-3-14(13)21)11-6-28-30(9-11)17-26-7-12(20)8-27-17/h2-4,6-9,15H,5H2,1H3,(H2,25,29)/t15-,18?/m0/s1. The fourth-order valence-corrected chi connectivity index (χ4v) is 3.44. The van der Waals surface area contributed by atoms with Gasteiger partial charge in [0.1, 0.15) is 5.82 Å². The number of nitrogens with two attached hydrogens (primary N) is 1. The summed E-state index contributed by atoms with van der Waals surface area (Å²) >= 11 is 5.78. The first-order valence-corrected chi connectivity index (χ1v) is 9.35. The first-order valence-electron chi connectivity index (χ1n) is 8.97. The topological polar surface area (TPSA) is 91.2 Å². The van der Waals surface area contributed by atoms with Gasteiger partial charge in [-0.15, -0.1) is 0 Å². The van der Waals surface area contributed by atoms with Gasteiger partial charge in [-0.2, -0.15) is 18.3 Å². The van der Waals surface area contributed by atoms with E-state index in [1.54, 1.807) is 6.20 Å². The molecule has 0 spiro atoms. The van der Waals surface area contributed by atoms with Gasteiger partial charge in [-0.3, -0.25) is 0 Å². The van der Waals surface area contributed by atoms with E-state index in [0.717, 1.165) is 6.07 Å². The summed E-state index contributed by atoms with van der Waals surface area (Å²) in [6.45, 7) is 1.38. The van der Waals surface area contributed by atoms with Crippen molar-refractivity contribution < 1.29 is 22.3 Å². The fourth-order valence-electron chi connectivity index (χ4n) is 3.34. The molecule has 0 fully saturated rings. The van der Waals surface area contributed by atoms with Crippen molar-refractivity contribution in [2.24, 2.45) is 10.7 Å². The summed E-state index contributed by atoms with van der Waals surface area (Å²) in [7, 11) is 0. The zero-order valence-corrected chi connectivity index (χ0v) is 16.7. The number of hydrogen-bond acceptors (Lipinski definition) is 6. The van der Waals surface area contributed by atoms with Crippen molar-refractivity contribution in [2.45, 2.75) is 31.2 Å². The van der Waals surface area contributed by atoms with Crippen LogP contribution in [0.2, 0.25) is 5.02 Å². The van der Waals surface area contributed by atoms with Crippen LogP contribution in [0.1, 0.15) is 18.9 Å². The van der Waals surface area contributed by atoms with E-state index in [4.69, 9.17) is 17.3 Å². The molecule has 2 atom stereocenters. The molecule has 0 saturated carbocycles. The average Bonchev–Trinajstić information content (AvgIpc) is 3.17. The first-order chi connectivity index (χ1) is 14.5. The number of hydrogen-bond donors (Lipinski definition) is 1. The van der Waals surface area contributed by atoms with Gasteiger partial charge in [-0.25, -0.2) is 24.0 Å². The summed E-state index contributed by atoms with van der Waals surface area (Å²) in [6.07, 6.45) is -1.56. The lowest BCUT2D eigenvalue weighted by Crippen LogP contribution is -2.46. The van der Waals surface area contributed by atoms with Crippen LogP contribution in [-0.2, 0) is 10.3 Å². The zero-order valence-electron chi connectivity index (χ0n) is 15.9. The number of aromatic nitrogens is 4. The van der Waals surface area contributed by atoms with Crippen LogP contribution >= 0.6 is 11.6 Å². The number of halogens is 5. The quantitative estimate of drug-likeness (QED) is 0.604. The van der Waals surface area contributed by atoms with Crippen LogP contribution in [0.5, 0.6) is 0 Å². The normalized spacial score (nSPS) is 21.5. The highest BCUT2D eigenvalue weighted by Gasteiger charge is 2.50. The van der Waals surface area contributed by atoms with E-state index in [2.05, 4.69) is 24.8 Å². The summed E-state index contributed by atoms with van der Waals surface area (Å²) in [5.74, 6) is -0.446. The highest BCUT2D eigenvalue weighted by atomic mass is 35.5. The molecule has 3 heterocycles. The Labute approximate surface area is 178 Å². The molecule has 162 valence electrons. The molecule has 0 amide bonds. The predicted molar refractivity (Wildman–Crippen MR) is 104 cm³/mol. The Kier molecular flexibility index (Phi) is 5.08. The van der Waals surface area contributed by atoms with Gasteiger partial charge in [0.2, 0.25) is 0 Å². The van der Waals surface area contributed by atoms with Crippen LogP contribution in [0.25, 0.3) is 17.1 Å². The molecule has 1 aliphatic heterocycles. The molecule has 3 aromatic rings. The van der Waals surface area contributed by atoms with Gasteiger partial charge in [0.15, 0.2) is 6.10 Å². The molecule has 0 saturated heterocycles. The largest absolute Gasteiger partial charge is 0.452 e. The minimum Gasteiger partial charge on any atom is -0.452 e. The van der Waals surface area contributed by atoms with Gasteiger partial charge < -0.3 is 10.5 Å². The maximum absolute atomic E-state index is 14.7. The second-order valence-corrected chi connectivity index (χ2v) is 7.58. The van der Waals surface area contributed by atoms with Gasteiger partial charge in [0.25, 0.3) is 12.0 Å². The van der Waals surface area contributed by atoms with Crippen molar-refractivity contribution in [2.75, 3.05) is 0 Å². The summed E-state index contributed by atoms with van der Waals surface area (Å²) in [6, 6.07) is 3.43. The molecule has 1 aliphatic rings. The Bertz CT molecular complexity index is 1150. The zero-order chi connectivity index (χ0) is 22.4. The Morgan fingerprint density at radius 2 is 1.90 bits per heavy atom. The van der Waals surface area contributed by atoms with Crippen molar-refractivity contribution in [3.05, 3.63) is 59.4 Å². The molecular formula is C19H15ClF4N6O. The van der Waals surface area contributed by atoms with Crippen LogP contribution in [0.15, 0.2) is 48.0 Å². The lowest BCUT2D eigenvalue weighted by molar-refractivity contribution is -0.208. The maximum atomic E-state index is 14.7. The van der Waals surface area contributed by atoms with Crippen LogP contribution < -0.4 is 5.73 Å². The van der Waals surface area contributed by atoms with E-state index in [1.165, 1.54) is 42.3 Å². The van der Waals surface area contributed by atoms with E-state index in [0.29, 0.717) is 16.1 Å². The Balaban J connectivity index is 1.71. The third-order valence-electron chi connectivity index (χ3n) is 4.84. The first kappa shape index (κ1) is 21.0. The summed E-state index contributed by atoms with van der Waals surface area (Å²) in [4.78, 5) is 12.1. The van der Waals surface area contributed by atoms with Crippen molar-refractivity contribution in [1.82, 2.24) is 19.7 Å². The second kappa shape index (κ2) is 7.49. The molecule has 2 aromatic heterocycles. The fraction of sp³-hybridized carbons (Fsp3) is 0.263. The summed E-state index contributed by atoms with van der Waals surface area (Å²) < 4.78 is 60.4. The van der Waals surface area contributed by atoms with Gasteiger partial charge in [0, 0.05) is 23.7 Å². The van der Waals surface area contributed by atoms with Crippen LogP contribution in [0.4, 0.5) is 17.6 Å². The Morgan fingerprint density at radius 1 is 1.19 bits per heavy atom. The number of alkyl halides is 3. The van der Waals surface area contributed by atoms with E-state index >= 15 is 0 Å². The molecule has 2 N–H and O–H groups in total. The summed E-state index contributed by atoms with van der Waals surface area (Å²) in [5, 5.41) is 4.53. The minimum atomic E-state index is -4.67. The molecular weight excluding hydrogens is 440 g/mol. The minimum absolute atomic E-state index is 0.0407. The number of benzene rings is 1. The molecule has 0 radical (unpaired) electrons. The SMILES string of the molecule is CC1(c2cc(-c3cnn(-c4ncc(Cl)cn4)c3)ccc2F)C[C@@H](C(F)(F)F)OC(N)=N1. The smallest absolute Gasteiger partial charge is 0.425 e. The van der Waals surface area contributed by atoms with Crippen molar-refractivity contribution in [3.63, 3.8) is 0 Å². The molecule has 1 aromatic carbocycles. The van der Waals surface area contributed by atoms with Gasteiger partial charge in [-0.1, -0.05) is 17.7 Å². The molecule has 1 unspecified atom stereocenters. The highest BCUT2D eigenvalue weighted by molar-refractivity contribution is 6.30. The third-order valence-corrected chi connectivity index (χ3v) is 5.04. The lowest BCUT2D eigenvalue weighted by Gasteiger charge is -2.36. The molecule has 31 heavy (non-hydrogen) atoms. The summed E-state index contributed by atoms with van der Waals surface area (Å²) in [5.41, 5.74) is 4.95. The maximum Gasteiger partial charge on any atom is 0.425 e. The Morgan fingerprint density at radius 3 is 2.58 bits per heavy atom. The molecule has 0 aliphatic carbocycles. The van der Waals surface area contributed by atoms with Crippen LogP contribution in [0, 0.1) is 5.82 Å². The van der Waals surface area contributed by atoms with Crippen LogP contribution in [-0.4, -0.2) is 38.1 Å². The Hall–Kier alpha value is -3.21. The number of nitrogens with zero attached hydrogens (tertiary/aromatic N) is 5. The van der Waals surface area contributed by atoms with E-state index in [1.807, 2.05) is 0 Å². The predicted octanol–water partition coefficient (Wildman–Crippen LogP) is 4.00. The highest BCUT2D eigenvalue weighted by Crippen LogP contribution is 2.41. The molecule has 0 bridgehead atoms. The monoisotopic (exact) mass is 454 g/mol. The lowest BCUT2D eigenvalue weighted by atomic mass is 9.84. The number of aliphatic imine (C=N–C) groups is 1. The number of rotatable bonds is 3. The van der Waals surface area contributed by atoms with Gasteiger partial charge in [-0.05, 0) is 24.6 Å². The van der Waals surface area contributed by atoms with E-state index in [9.17, 15) is 17.6 Å². The van der Waals surface area contributed by atoms with Gasteiger partial charge >= 0.3 is 6.18 Å². The van der Waals surface area contributed by atoms with Crippen molar-refractivity contribution >= 4 is 17.6 Å². The average molecular weight is 455 g/mol. The van der Waals surface area contributed by atoms with E-state index in [-0.39, 0.29) is 11.5 Å².